The Labute approximate surface area is 224 Å². The molecule has 0 fully saturated rings. The van der Waals surface area contributed by atoms with Crippen molar-refractivity contribution in [2.75, 3.05) is 29.8 Å². The second-order valence-electron chi connectivity index (χ2n) is 9.89. The highest BCUT2D eigenvalue weighted by molar-refractivity contribution is 7.71. The first kappa shape index (κ1) is 25.9. The molecule has 0 bridgehead atoms. The number of hydrogen-bond acceptors (Lipinski definition) is 5. The first-order valence-electron chi connectivity index (χ1n) is 12.9. The summed E-state index contributed by atoms with van der Waals surface area (Å²) in [5, 5.41) is 17.5. The zero-order valence-corrected chi connectivity index (χ0v) is 23.3. The van der Waals surface area contributed by atoms with Gasteiger partial charge in [-0.15, -0.1) is 0 Å². The molecule has 196 valence electrons. The molecule has 0 unspecified atom stereocenters. The van der Waals surface area contributed by atoms with Gasteiger partial charge in [-0.1, -0.05) is 64.1 Å². The van der Waals surface area contributed by atoms with E-state index in [0.717, 1.165) is 24.1 Å². The fourth-order valence-corrected chi connectivity index (χ4v) is 9.54. The molecule has 2 aliphatic heterocycles. The van der Waals surface area contributed by atoms with Gasteiger partial charge >= 0.3 is 0 Å². The number of hydrogen-bond donors (Lipinski definition) is 0. The van der Waals surface area contributed by atoms with Crippen LogP contribution in [0.3, 0.4) is 0 Å². The van der Waals surface area contributed by atoms with Crippen molar-refractivity contribution in [3.63, 3.8) is 0 Å². The number of para-hydroxylation sites is 2. The monoisotopic (exact) mass is 528 g/mol. The maximum Gasteiger partial charge on any atom is 0.269 e. The van der Waals surface area contributed by atoms with E-state index in [4.69, 9.17) is 9.85 Å². The Hall–Kier alpha value is -3.74. The van der Waals surface area contributed by atoms with Gasteiger partial charge in [0.15, 0.2) is 7.36 Å². The highest BCUT2D eigenvalue weighted by Crippen LogP contribution is 2.70. The van der Waals surface area contributed by atoms with Crippen molar-refractivity contribution in [2.24, 2.45) is 9.85 Å². The van der Waals surface area contributed by atoms with Gasteiger partial charge in [0.2, 0.25) is 0 Å². The largest absolute Gasteiger partial charge is 0.346 e. The molecular weight excluding hydrogens is 495 g/mol. The van der Waals surface area contributed by atoms with Crippen molar-refractivity contribution in [1.82, 2.24) is 4.67 Å². The molecule has 0 saturated carbocycles. The van der Waals surface area contributed by atoms with E-state index in [1.807, 2.05) is 24.4 Å². The number of nitro groups is 1. The van der Waals surface area contributed by atoms with Crippen LogP contribution in [0.25, 0.3) is 0 Å². The summed E-state index contributed by atoms with van der Waals surface area (Å²) < 4.78 is 10.0. The Morgan fingerprint density at radius 1 is 0.974 bits per heavy atom. The zero-order chi connectivity index (χ0) is 27.1. The van der Waals surface area contributed by atoms with Gasteiger partial charge in [0, 0.05) is 49.1 Å². The van der Waals surface area contributed by atoms with Gasteiger partial charge in [-0.3, -0.25) is 10.1 Å². The summed E-state index contributed by atoms with van der Waals surface area (Å²) in [6.45, 7) is 10.4. The second kappa shape index (κ2) is 9.86. The quantitative estimate of drug-likeness (QED) is 0.186. The van der Waals surface area contributed by atoms with Crippen LogP contribution in [0.4, 0.5) is 22.7 Å². The van der Waals surface area contributed by atoms with E-state index in [2.05, 4.69) is 85.5 Å². The lowest BCUT2D eigenvalue weighted by Gasteiger charge is -2.40. The first-order valence-corrected chi connectivity index (χ1v) is 14.5. The molecule has 0 amide bonds. The maximum atomic E-state index is 11.3. The summed E-state index contributed by atoms with van der Waals surface area (Å²) in [4.78, 5) is 13.2. The van der Waals surface area contributed by atoms with Crippen LogP contribution in [-0.4, -0.2) is 35.9 Å². The lowest BCUT2D eigenvalue weighted by Crippen LogP contribution is -2.31. The van der Waals surface area contributed by atoms with Crippen molar-refractivity contribution in [3.05, 3.63) is 106 Å². The molecule has 1 atom stereocenters. The van der Waals surface area contributed by atoms with E-state index >= 15 is 0 Å². The maximum absolute atomic E-state index is 11.3. The molecule has 8 nitrogen and oxygen atoms in total. The normalized spacial score (nSPS) is 21.7. The van der Waals surface area contributed by atoms with E-state index in [-0.39, 0.29) is 16.0 Å². The minimum Gasteiger partial charge on any atom is -0.346 e. The van der Waals surface area contributed by atoms with Crippen LogP contribution in [0.2, 0.25) is 0 Å². The molecule has 3 aromatic rings. The summed E-state index contributed by atoms with van der Waals surface area (Å²) in [5.41, 5.74) is 5.05. The lowest BCUT2D eigenvalue weighted by atomic mass is 9.84. The molecule has 3 aromatic carbocycles. The number of benzene rings is 3. The average Bonchev–Trinajstić information content (AvgIpc) is 3.37. The summed E-state index contributed by atoms with van der Waals surface area (Å²) in [5.74, 6) is 0. The Morgan fingerprint density at radius 3 is 2.21 bits per heavy atom. The van der Waals surface area contributed by atoms with Crippen LogP contribution in [0.15, 0.2) is 99.7 Å². The number of rotatable bonds is 6. The van der Waals surface area contributed by atoms with Gasteiger partial charge in [0.05, 0.1) is 27.8 Å². The summed E-state index contributed by atoms with van der Waals surface area (Å²) in [7, 11) is -0.595. The number of anilines is 2. The first-order chi connectivity index (χ1) is 18.3. The highest BCUT2D eigenvalue weighted by Gasteiger charge is 2.49. The fourth-order valence-electron chi connectivity index (χ4n) is 5.66. The predicted octanol–water partition coefficient (Wildman–Crippen LogP) is 7.74. The summed E-state index contributed by atoms with van der Waals surface area (Å²) >= 11 is 0. The minimum atomic E-state index is -2.72. The fraction of sp³-hybridized carbons (Fsp3) is 0.276. The Morgan fingerprint density at radius 2 is 1.61 bits per heavy atom. The zero-order valence-electron chi connectivity index (χ0n) is 22.4. The van der Waals surface area contributed by atoms with Crippen LogP contribution >= 0.6 is 7.36 Å². The molecule has 38 heavy (non-hydrogen) atoms. The lowest BCUT2D eigenvalue weighted by molar-refractivity contribution is -0.384. The number of fused-ring (bicyclic) bond motifs is 1. The Bertz CT molecular complexity index is 1480. The molecule has 9 heteroatoms. The molecule has 0 aromatic heterocycles. The van der Waals surface area contributed by atoms with Gasteiger partial charge in [0.25, 0.3) is 5.69 Å². The molecule has 0 spiro atoms. The second-order valence-corrected chi connectivity index (χ2v) is 12.6. The van der Waals surface area contributed by atoms with Gasteiger partial charge in [-0.2, -0.15) is 5.10 Å². The molecule has 2 heterocycles. The molecule has 0 saturated heterocycles. The van der Waals surface area contributed by atoms with Gasteiger partial charge < -0.3 is 4.90 Å². The van der Waals surface area contributed by atoms with Crippen LogP contribution in [0, 0.1) is 10.1 Å². The molecule has 0 aliphatic carbocycles. The molecular formula is C29H33N6O2P. The third-order valence-corrected chi connectivity index (χ3v) is 11.1. The topological polar surface area (TPSA) is 77.6 Å². The molecule has 5 rings (SSSR count). The van der Waals surface area contributed by atoms with Crippen LogP contribution in [-0.2, 0) is 5.41 Å². The number of hydrazone groups is 1. The van der Waals surface area contributed by atoms with E-state index in [1.165, 1.54) is 29.1 Å². The van der Waals surface area contributed by atoms with E-state index in [0.29, 0.717) is 5.69 Å². The van der Waals surface area contributed by atoms with Gasteiger partial charge in [-0.05, 0) is 35.9 Å². The Kier molecular flexibility index (Phi) is 6.72. The van der Waals surface area contributed by atoms with Crippen molar-refractivity contribution < 1.29 is 4.92 Å². The van der Waals surface area contributed by atoms with Crippen molar-refractivity contribution >= 4 is 36.3 Å². The molecule has 0 radical (unpaired) electrons. The van der Waals surface area contributed by atoms with Gasteiger partial charge in [-0.25, -0.2) is 14.2 Å². The summed E-state index contributed by atoms with van der Waals surface area (Å²) in [6.07, 6.45) is 1.99. The molecule has 2 aliphatic rings. The number of allylic oxidation sites excluding steroid dienone is 2. The van der Waals surface area contributed by atoms with E-state index in [9.17, 15) is 10.1 Å². The van der Waals surface area contributed by atoms with Crippen molar-refractivity contribution in [2.45, 2.75) is 33.1 Å². The van der Waals surface area contributed by atoms with Crippen molar-refractivity contribution in [1.29, 1.82) is 0 Å². The van der Waals surface area contributed by atoms with E-state index in [1.54, 1.807) is 12.1 Å². The van der Waals surface area contributed by atoms with Crippen LogP contribution in [0.1, 0.15) is 33.3 Å². The number of nitrogens with zero attached hydrogens (tertiary/aromatic N) is 6. The van der Waals surface area contributed by atoms with Crippen LogP contribution < -0.4 is 9.68 Å². The standard InChI is InChI=1S/C29H33N6O2P/c1-6-33(7-2)38(31-22-17-19-24(20-18-22)35(36)37)27(21-30-34(38)23-13-9-8-10-14-23)28-29(3,4)25-15-11-12-16-26(25)32(28)5/h8-21H,6-7H2,1-5H3/b28-27-/t38-/m1/s1. The average molecular weight is 529 g/mol. The molecule has 0 N–H and O–H groups in total. The predicted molar refractivity (Wildman–Crippen MR) is 157 cm³/mol. The minimum absolute atomic E-state index is 0.0486. The van der Waals surface area contributed by atoms with Gasteiger partial charge in [0.1, 0.15) is 0 Å². The third-order valence-electron chi connectivity index (χ3n) is 7.41. The highest BCUT2D eigenvalue weighted by atomic mass is 31.2. The van der Waals surface area contributed by atoms with Crippen molar-refractivity contribution in [3.8, 4) is 0 Å². The number of non-ortho nitro benzene ring substituents is 1. The smallest absolute Gasteiger partial charge is 0.269 e. The summed E-state index contributed by atoms with van der Waals surface area (Å²) in [6, 6.07) is 25.2. The van der Waals surface area contributed by atoms with E-state index < -0.39 is 7.36 Å². The SMILES string of the molecule is CCN(CC)[P@]1(=Nc2ccc([N+](=O)[O-])cc2)/C(=C2\N(C)c3ccccc3C2(C)C)C=NN1c1ccccc1. The number of nitro benzene ring substituents is 1. The third kappa shape index (κ3) is 3.96. The Balaban J connectivity index is 1.86. The number of likely N-dealkylation sites (N-methyl/N-ethyl adjacent to an activating group) is 1. The van der Waals surface area contributed by atoms with Crippen LogP contribution in [0.5, 0.6) is 0 Å².